The molecule has 9 heteroatoms. The minimum Gasteiger partial charge on any atom is -0.462 e. The Kier molecular flexibility index (Phi) is 4.70. The van der Waals surface area contributed by atoms with Gasteiger partial charge in [0, 0.05) is 12.1 Å². The van der Waals surface area contributed by atoms with Gasteiger partial charge in [-0.25, -0.2) is 0 Å². The minimum atomic E-state index is -1.53. The van der Waals surface area contributed by atoms with Gasteiger partial charge in [-0.1, -0.05) is 4.57 Å². The average molecular weight is 302 g/mol. The molecule has 1 aromatic rings. The molecular weight excluding hydrogens is 286 g/mol. The number of rotatable bonds is 3. The SMILES string of the molecule is O=C(O)[n+]1ccc(O[C@@H]2O[C@H](CO)[C@H](O)[C@H](O)[C@H]2O)cc1. The normalized spacial score (nSPS) is 32.7. The summed E-state index contributed by atoms with van der Waals surface area (Å²) in [6.45, 7) is -0.557. The molecular formula is C12H16NO8+. The van der Waals surface area contributed by atoms with Crippen molar-refractivity contribution < 1.29 is 44.4 Å². The first-order valence-corrected chi connectivity index (χ1v) is 6.16. The molecule has 2 rings (SSSR count). The fourth-order valence-corrected chi connectivity index (χ4v) is 1.92. The van der Waals surface area contributed by atoms with Gasteiger partial charge in [0.15, 0.2) is 12.4 Å². The Bertz CT molecular complexity index is 491. The van der Waals surface area contributed by atoms with Gasteiger partial charge in [-0.2, -0.15) is 4.79 Å². The lowest BCUT2D eigenvalue weighted by atomic mass is 9.99. The van der Waals surface area contributed by atoms with E-state index in [9.17, 15) is 20.1 Å². The van der Waals surface area contributed by atoms with Gasteiger partial charge in [0.25, 0.3) is 0 Å². The summed E-state index contributed by atoms with van der Waals surface area (Å²) in [6.07, 6.45) is -5.61. The van der Waals surface area contributed by atoms with Crippen LogP contribution in [0.2, 0.25) is 0 Å². The first-order chi connectivity index (χ1) is 9.93. The number of pyridine rings is 1. The lowest BCUT2D eigenvalue weighted by molar-refractivity contribution is -0.584. The quantitative estimate of drug-likeness (QED) is 0.392. The predicted octanol–water partition coefficient (Wildman–Crippen LogP) is -2.32. The van der Waals surface area contributed by atoms with Gasteiger partial charge < -0.3 is 35.0 Å². The molecule has 0 aliphatic carbocycles. The molecule has 0 unspecified atom stereocenters. The third-order valence-corrected chi connectivity index (χ3v) is 3.12. The van der Waals surface area contributed by atoms with E-state index in [-0.39, 0.29) is 5.75 Å². The fraction of sp³-hybridized carbons (Fsp3) is 0.500. The van der Waals surface area contributed by atoms with Crippen LogP contribution in [0.3, 0.4) is 0 Å². The van der Waals surface area contributed by atoms with Crippen LogP contribution in [0.4, 0.5) is 4.79 Å². The van der Waals surface area contributed by atoms with Crippen LogP contribution in [0.5, 0.6) is 5.75 Å². The highest BCUT2D eigenvalue weighted by Gasteiger charge is 2.44. The Morgan fingerprint density at radius 1 is 1.19 bits per heavy atom. The third-order valence-electron chi connectivity index (χ3n) is 3.12. The van der Waals surface area contributed by atoms with Crippen LogP contribution < -0.4 is 9.30 Å². The Morgan fingerprint density at radius 2 is 1.81 bits per heavy atom. The van der Waals surface area contributed by atoms with Crippen LogP contribution in [0.15, 0.2) is 24.5 Å². The third kappa shape index (κ3) is 3.28. The van der Waals surface area contributed by atoms with E-state index in [4.69, 9.17) is 19.7 Å². The summed E-state index contributed by atoms with van der Waals surface area (Å²) in [4.78, 5) is 10.7. The van der Waals surface area contributed by atoms with Gasteiger partial charge in [-0.15, -0.1) is 0 Å². The standard InChI is InChI=1S/C12H15NO8/c14-5-7-8(15)9(16)10(17)11(21-7)20-6-1-3-13(4-2-6)12(18)19/h1-4,7-11,14-17H,5H2/p+1/t7-,8+,9+,10-,11-/m1/s1. The number of ether oxygens (including phenoxy) is 2. The topological polar surface area (TPSA) is 141 Å². The first kappa shape index (κ1) is 15.6. The number of hydrogen-bond donors (Lipinski definition) is 5. The molecule has 1 aliphatic rings. The molecule has 0 saturated carbocycles. The number of carboxylic acid groups (broad SMARTS) is 1. The maximum absolute atomic E-state index is 10.7. The highest BCUT2D eigenvalue weighted by atomic mass is 16.7. The van der Waals surface area contributed by atoms with Crippen molar-refractivity contribution in [3.05, 3.63) is 24.5 Å². The van der Waals surface area contributed by atoms with E-state index < -0.39 is 43.4 Å². The second-order valence-electron chi connectivity index (χ2n) is 4.54. The van der Waals surface area contributed by atoms with Crippen molar-refractivity contribution >= 4 is 6.09 Å². The van der Waals surface area contributed by atoms with Gasteiger partial charge in [0.05, 0.1) is 6.61 Å². The molecule has 1 aliphatic heterocycles. The summed E-state index contributed by atoms with van der Waals surface area (Å²) < 4.78 is 11.3. The molecule has 9 nitrogen and oxygen atoms in total. The zero-order chi connectivity index (χ0) is 15.6. The van der Waals surface area contributed by atoms with E-state index in [1.54, 1.807) is 0 Å². The van der Waals surface area contributed by atoms with Gasteiger partial charge in [0.1, 0.15) is 30.2 Å². The van der Waals surface area contributed by atoms with E-state index in [2.05, 4.69) is 0 Å². The molecule has 1 saturated heterocycles. The zero-order valence-electron chi connectivity index (χ0n) is 10.8. The van der Waals surface area contributed by atoms with Crippen LogP contribution in [-0.4, -0.2) is 68.9 Å². The number of aliphatic hydroxyl groups excluding tert-OH is 4. The molecule has 5 atom stereocenters. The van der Waals surface area contributed by atoms with Crippen LogP contribution >= 0.6 is 0 Å². The van der Waals surface area contributed by atoms with Crippen molar-refractivity contribution in [1.82, 2.24) is 0 Å². The molecule has 5 N–H and O–H groups in total. The minimum absolute atomic E-state index is 0.192. The Morgan fingerprint density at radius 3 is 2.33 bits per heavy atom. The molecule has 21 heavy (non-hydrogen) atoms. The van der Waals surface area contributed by atoms with E-state index in [0.717, 1.165) is 4.57 Å². The second kappa shape index (κ2) is 6.33. The molecule has 1 aromatic heterocycles. The lowest BCUT2D eigenvalue weighted by Crippen LogP contribution is -2.60. The molecule has 116 valence electrons. The summed E-state index contributed by atoms with van der Waals surface area (Å²) in [5.41, 5.74) is 0. The first-order valence-electron chi connectivity index (χ1n) is 6.16. The molecule has 0 bridgehead atoms. The Balaban J connectivity index is 2.08. The maximum Gasteiger partial charge on any atom is 0.599 e. The Labute approximate surface area is 119 Å². The van der Waals surface area contributed by atoms with Crippen LogP contribution in [-0.2, 0) is 4.74 Å². The van der Waals surface area contributed by atoms with Gasteiger partial charge in [-0.3, -0.25) is 0 Å². The van der Waals surface area contributed by atoms with Crippen molar-refractivity contribution in [3.8, 4) is 5.75 Å². The number of nitrogens with zero attached hydrogens (tertiary/aromatic N) is 1. The van der Waals surface area contributed by atoms with Gasteiger partial charge >= 0.3 is 6.09 Å². The monoisotopic (exact) mass is 302 g/mol. The molecule has 0 spiro atoms. The summed E-state index contributed by atoms with van der Waals surface area (Å²) >= 11 is 0. The smallest absolute Gasteiger partial charge is 0.462 e. The van der Waals surface area contributed by atoms with Crippen LogP contribution in [0.1, 0.15) is 0 Å². The summed E-state index contributed by atoms with van der Waals surface area (Å²) in [5, 5.41) is 46.8. The van der Waals surface area contributed by atoms with Gasteiger partial charge in [-0.05, 0) is 0 Å². The second-order valence-corrected chi connectivity index (χ2v) is 4.54. The molecule has 2 heterocycles. The van der Waals surface area contributed by atoms with Crippen molar-refractivity contribution in [3.63, 3.8) is 0 Å². The summed E-state index contributed by atoms with van der Waals surface area (Å²) in [6, 6.07) is 2.66. The van der Waals surface area contributed by atoms with Crippen molar-refractivity contribution in [1.29, 1.82) is 0 Å². The summed E-state index contributed by atoms with van der Waals surface area (Å²) in [5.74, 6) is 0.192. The van der Waals surface area contributed by atoms with E-state index in [0.29, 0.717) is 0 Å². The van der Waals surface area contributed by atoms with Crippen molar-refractivity contribution in [2.24, 2.45) is 0 Å². The predicted molar refractivity (Wildman–Crippen MR) is 64.5 cm³/mol. The Hall–Kier alpha value is -1.78. The average Bonchev–Trinajstić information content (AvgIpc) is 2.48. The van der Waals surface area contributed by atoms with Crippen molar-refractivity contribution in [2.75, 3.05) is 6.61 Å². The van der Waals surface area contributed by atoms with Crippen LogP contribution in [0, 0.1) is 0 Å². The molecule has 0 radical (unpaired) electrons. The highest BCUT2D eigenvalue weighted by Crippen LogP contribution is 2.23. The maximum atomic E-state index is 10.7. The number of aliphatic hydroxyl groups is 4. The highest BCUT2D eigenvalue weighted by molar-refractivity contribution is 5.53. The molecule has 1 fully saturated rings. The van der Waals surface area contributed by atoms with E-state index >= 15 is 0 Å². The van der Waals surface area contributed by atoms with E-state index in [1.807, 2.05) is 0 Å². The lowest BCUT2D eigenvalue weighted by Gasteiger charge is -2.39. The summed E-state index contributed by atoms with van der Waals surface area (Å²) in [7, 11) is 0. The van der Waals surface area contributed by atoms with Crippen LogP contribution in [0.25, 0.3) is 0 Å². The molecule has 0 aromatic carbocycles. The van der Waals surface area contributed by atoms with Gasteiger partial charge in [0.2, 0.25) is 6.29 Å². The number of carbonyl (C=O) groups is 1. The van der Waals surface area contributed by atoms with E-state index in [1.165, 1.54) is 24.5 Å². The zero-order valence-corrected chi connectivity index (χ0v) is 10.8. The number of aromatic nitrogens is 1. The molecule has 0 amide bonds. The largest absolute Gasteiger partial charge is 0.599 e. The fourth-order valence-electron chi connectivity index (χ4n) is 1.92. The number of hydrogen-bond acceptors (Lipinski definition) is 7. The van der Waals surface area contributed by atoms with Crippen molar-refractivity contribution in [2.45, 2.75) is 30.7 Å².